The van der Waals surface area contributed by atoms with Crippen molar-refractivity contribution in [2.24, 2.45) is 0 Å². The van der Waals surface area contributed by atoms with Crippen LogP contribution in [0.1, 0.15) is 0 Å². The predicted molar refractivity (Wildman–Crippen MR) is 66.7 cm³/mol. The number of nitrogens with one attached hydrogen (secondary N) is 1. The van der Waals surface area contributed by atoms with Crippen LogP contribution in [0.3, 0.4) is 0 Å². The topological polar surface area (TPSA) is 61.8 Å². The summed E-state index contributed by atoms with van der Waals surface area (Å²) in [6.45, 7) is 0.197. The summed E-state index contributed by atoms with van der Waals surface area (Å²) < 4.78 is 5.00. The first-order valence-corrected chi connectivity index (χ1v) is 5.42. The van der Waals surface area contributed by atoms with E-state index in [1.807, 2.05) is 0 Å². The van der Waals surface area contributed by atoms with Crippen LogP contribution < -0.4 is 10.1 Å². The molecule has 0 aliphatic carbocycles. The Morgan fingerprint density at radius 2 is 2.29 bits per heavy atom. The van der Waals surface area contributed by atoms with E-state index in [9.17, 15) is 4.79 Å². The van der Waals surface area contributed by atoms with Crippen molar-refractivity contribution in [3.63, 3.8) is 0 Å². The minimum atomic E-state index is -0.305. The van der Waals surface area contributed by atoms with E-state index in [0.29, 0.717) is 16.5 Å². The SMILES string of the molecule is COc1ccc(NC(=O)N(C)CCO)cc1Cl. The molecule has 0 atom stereocenters. The number of anilines is 1. The molecule has 1 aromatic carbocycles. The molecule has 5 nitrogen and oxygen atoms in total. The van der Waals surface area contributed by atoms with Gasteiger partial charge in [0.1, 0.15) is 5.75 Å². The second-order valence-corrected chi connectivity index (χ2v) is 3.83. The molecule has 1 aromatic rings. The van der Waals surface area contributed by atoms with Crippen molar-refractivity contribution in [3.8, 4) is 5.75 Å². The maximum Gasteiger partial charge on any atom is 0.321 e. The van der Waals surface area contributed by atoms with E-state index in [1.54, 1.807) is 25.2 Å². The van der Waals surface area contributed by atoms with Gasteiger partial charge in [-0.15, -0.1) is 0 Å². The summed E-state index contributed by atoms with van der Waals surface area (Å²) in [5, 5.41) is 11.8. The second kappa shape index (κ2) is 6.32. The molecule has 17 heavy (non-hydrogen) atoms. The smallest absolute Gasteiger partial charge is 0.321 e. The number of urea groups is 1. The Hall–Kier alpha value is -1.46. The molecule has 6 heteroatoms. The van der Waals surface area contributed by atoms with Crippen LogP contribution in [0.5, 0.6) is 5.75 Å². The lowest BCUT2D eigenvalue weighted by molar-refractivity contribution is 0.202. The van der Waals surface area contributed by atoms with Gasteiger partial charge in [0.2, 0.25) is 0 Å². The summed E-state index contributed by atoms with van der Waals surface area (Å²) in [7, 11) is 3.12. The number of hydrogen-bond acceptors (Lipinski definition) is 3. The third kappa shape index (κ3) is 3.80. The number of carbonyl (C=O) groups excluding carboxylic acids is 1. The van der Waals surface area contributed by atoms with Crippen LogP contribution in [-0.4, -0.2) is 43.3 Å². The third-order valence-electron chi connectivity index (χ3n) is 2.19. The highest BCUT2D eigenvalue weighted by molar-refractivity contribution is 6.32. The highest BCUT2D eigenvalue weighted by Crippen LogP contribution is 2.27. The monoisotopic (exact) mass is 258 g/mol. The molecule has 0 aromatic heterocycles. The number of carbonyl (C=O) groups is 1. The Balaban J connectivity index is 2.69. The Labute approximate surface area is 105 Å². The zero-order chi connectivity index (χ0) is 12.8. The zero-order valence-electron chi connectivity index (χ0n) is 9.74. The van der Waals surface area contributed by atoms with Crippen LogP contribution in [0.15, 0.2) is 18.2 Å². The van der Waals surface area contributed by atoms with Crippen LogP contribution in [-0.2, 0) is 0 Å². The molecule has 0 fully saturated rings. The molecule has 1 rings (SSSR count). The second-order valence-electron chi connectivity index (χ2n) is 3.42. The Bertz CT molecular complexity index is 398. The number of rotatable bonds is 4. The summed E-state index contributed by atoms with van der Waals surface area (Å²) >= 11 is 5.92. The Morgan fingerprint density at radius 3 is 2.82 bits per heavy atom. The summed E-state index contributed by atoms with van der Waals surface area (Å²) in [6.07, 6.45) is 0. The Morgan fingerprint density at radius 1 is 1.59 bits per heavy atom. The third-order valence-corrected chi connectivity index (χ3v) is 2.48. The quantitative estimate of drug-likeness (QED) is 0.866. The first-order chi connectivity index (χ1) is 8.08. The lowest BCUT2D eigenvalue weighted by atomic mass is 10.3. The number of aliphatic hydroxyl groups excluding tert-OH is 1. The first kappa shape index (κ1) is 13.6. The number of aliphatic hydroxyl groups is 1. The van der Waals surface area contributed by atoms with Crippen molar-refractivity contribution in [1.82, 2.24) is 4.90 Å². The van der Waals surface area contributed by atoms with Gasteiger partial charge in [-0.25, -0.2) is 4.79 Å². The first-order valence-electron chi connectivity index (χ1n) is 5.05. The minimum Gasteiger partial charge on any atom is -0.495 e. The van der Waals surface area contributed by atoms with Gasteiger partial charge in [0.15, 0.2) is 0 Å². The highest BCUT2D eigenvalue weighted by atomic mass is 35.5. The van der Waals surface area contributed by atoms with E-state index in [1.165, 1.54) is 12.0 Å². The number of hydrogen-bond donors (Lipinski definition) is 2. The molecular weight excluding hydrogens is 244 g/mol. The zero-order valence-corrected chi connectivity index (χ0v) is 10.5. The van der Waals surface area contributed by atoms with E-state index in [4.69, 9.17) is 21.4 Å². The van der Waals surface area contributed by atoms with E-state index >= 15 is 0 Å². The molecule has 0 saturated heterocycles. The maximum absolute atomic E-state index is 11.6. The van der Waals surface area contributed by atoms with Crippen LogP contribution >= 0.6 is 11.6 Å². The molecule has 94 valence electrons. The summed E-state index contributed by atoms with van der Waals surface area (Å²) in [6, 6.07) is 4.66. The molecule has 0 heterocycles. The lowest BCUT2D eigenvalue weighted by Crippen LogP contribution is -2.33. The summed E-state index contributed by atoms with van der Waals surface area (Å²) in [4.78, 5) is 13.0. The van der Waals surface area contributed by atoms with Crippen LogP contribution in [0.2, 0.25) is 5.02 Å². The van der Waals surface area contributed by atoms with Crippen LogP contribution in [0, 0.1) is 0 Å². The van der Waals surface area contributed by atoms with Crippen molar-refractivity contribution in [1.29, 1.82) is 0 Å². The van der Waals surface area contributed by atoms with Gasteiger partial charge in [-0.05, 0) is 18.2 Å². The molecule has 0 unspecified atom stereocenters. The van der Waals surface area contributed by atoms with Crippen molar-refractivity contribution in [2.45, 2.75) is 0 Å². The maximum atomic E-state index is 11.6. The summed E-state index contributed by atoms with van der Waals surface area (Å²) in [5.74, 6) is 0.549. The summed E-state index contributed by atoms with van der Waals surface area (Å²) in [5.41, 5.74) is 0.575. The minimum absolute atomic E-state index is 0.0761. The molecular formula is C11H15ClN2O3. The van der Waals surface area contributed by atoms with Gasteiger partial charge >= 0.3 is 6.03 Å². The normalized spacial score (nSPS) is 9.88. The number of amides is 2. The van der Waals surface area contributed by atoms with E-state index in [-0.39, 0.29) is 19.2 Å². The van der Waals surface area contributed by atoms with Gasteiger partial charge in [0, 0.05) is 19.3 Å². The highest BCUT2D eigenvalue weighted by Gasteiger charge is 2.09. The van der Waals surface area contributed by atoms with Crippen molar-refractivity contribution >= 4 is 23.3 Å². The molecule has 0 aliphatic heterocycles. The van der Waals surface area contributed by atoms with Crippen LogP contribution in [0.25, 0.3) is 0 Å². The number of benzene rings is 1. The molecule has 0 bridgehead atoms. The molecule has 0 aliphatic rings. The largest absolute Gasteiger partial charge is 0.495 e. The van der Waals surface area contributed by atoms with Gasteiger partial charge < -0.3 is 20.1 Å². The fourth-order valence-electron chi connectivity index (χ4n) is 1.21. The van der Waals surface area contributed by atoms with Crippen molar-refractivity contribution < 1.29 is 14.6 Å². The van der Waals surface area contributed by atoms with Crippen molar-refractivity contribution in [3.05, 3.63) is 23.2 Å². The van der Waals surface area contributed by atoms with Gasteiger partial charge in [-0.3, -0.25) is 0 Å². The van der Waals surface area contributed by atoms with E-state index in [0.717, 1.165) is 0 Å². The number of nitrogens with zero attached hydrogens (tertiary/aromatic N) is 1. The Kier molecular flexibility index (Phi) is 5.06. The van der Waals surface area contributed by atoms with Gasteiger partial charge in [0.25, 0.3) is 0 Å². The van der Waals surface area contributed by atoms with Gasteiger partial charge in [0.05, 0.1) is 18.7 Å². The van der Waals surface area contributed by atoms with Crippen LogP contribution in [0.4, 0.5) is 10.5 Å². The average Bonchev–Trinajstić information content (AvgIpc) is 2.29. The number of ether oxygens (including phenoxy) is 1. The molecule has 0 saturated carbocycles. The standard InChI is InChI=1S/C11H15ClN2O3/c1-14(5-6-15)11(16)13-8-3-4-10(17-2)9(12)7-8/h3-4,7,15H,5-6H2,1-2H3,(H,13,16). The fourth-order valence-corrected chi connectivity index (χ4v) is 1.47. The van der Waals surface area contributed by atoms with Gasteiger partial charge in [-0.1, -0.05) is 11.6 Å². The number of likely N-dealkylation sites (N-methyl/N-ethyl adjacent to an activating group) is 1. The van der Waals surface area contributed by atoms with E-state index in [2.05, 4.69) is 5.32 Å². The average molecular weight is 259 g/mol. The molecule has 0 radical (unpaired) electrons. The molecule has 2 N–H and O–H groups in total. The van der Waals surface area contributed by atoms with E-state index < -0.39 is 0 Å². The fraction of sp³-hybridized carbons (Fsp3) is 0.364. The predicted octanol–water partition coefficient (Wildman–Crippen LogP) is 1.80. The van der Waals surface area contributed by atoms with Gasteiger partial charge in [-0.2, -0.15) is 0 Å². The lowest BCUT2D eigenvalue weighted by Gasteiger charge is -2.16. The molecule has 2 amide bonds. The van der Waals surface area contributed by atoms with Crippen molar-refractivity contribution in [2.75, 3.05) is 32.6 Å². The molecule has 0 spiro atoms. The number of methoxy groups -OCH3 is 1. The number of halogens is 1.